The molecule has 0 aliphatic rings. The molecule has 0 aliphatic heterocycles. The Morgan fingerprint density at radius 1 is 1.00 bits per heavy atom. The number of amides is 1. The molecular weight excluding hydrogens is 492 g/mol. The van der Waals surface area contributed by atoms with Crippen LogP contribution in [0.2, 0.25) is 0 Å². The van der Waals surface area contributed by atoms with Gasteiger partial charge in [0, 0.05) is 23.3 Å². The number of hydrogen-bond donors (Lipinski definition) is 2. The summed E-state index contributed by atoms with van der Waals surface area (Å²) in [6.07, 6.45) is -1.04. The van der Waals surface area contributed by atoms with Gasteiger partial charge < -0.3 is 10.4 Å². The lowest BCUT2D eigenvalue weighted by Gasteiger charge is -2.15. The fraction of sp³-hybridized carbons (Fsp3) is 0.0800. The molecule has 0 spiro atoms. The largest absolute Gasteiger partial charge is 0.417 e. The molecule has 0 fully saturated rings. The predicted molar refractivity (Wildman–Crippen MR) is 125 cm³/mol. The van der Waals surface area contributed by atoms with Gasteiger partial charge in [0.2, 0.25) is 0 Å². The number of carbonyl (C=O) groups is 1. The first-order valence-electron chi connectivity index (χ1n) is 10.8. The molecule has 2 aromatic carbocycles. The molecule has 0 saturated carbocycles. The van der Waals surface area contributed by atoms with E-state index in [2.05, 4.69) is 25.4 Å². The van der Waals surface area contributed by atoms with Gasteiger partial charge in [-0.15, -0.1) is 0 Å². The zero-order valence-corrected chi connectivity index (χ0v) is 18.7. The molecule has 0 aliphatic carbocycles. The molecular formula is C25H16F4N6O2. The second-order valence-electron chi connectivity index (χ2n) is 7.85. The number of para-hydroxylation sites is 1. The Balaban J connectivity index is 1.64. The molecule has 3 heterocycles. The number of aromatic nitrogens is 5. The third-order valence-electron chi connectivity index (χ3n) is 5.47. The van der Waals surface area contributed by atoms with Crippen LogP contribution in [0, 0.1) is 5.82 Å². The topological polar surface area (TPSA) is 106 Å². The van der Waals surface area contributed by atoms with Gasteiger partial charge in [-0.25, -0.2) is 19.0 Å². The van der Waals surface area contributed by atoms with Crippen LogP contribution in [0.25, 0.3) is 28.0 Å². The first-order valence-corrected chi connectivity index (χ1v) is 10.8. The highest BCUT2D eigenvalue weighted by atomic mass is 19.4. The lowest BCUT2D eigenvalue weighted by molar-refractivity contribution is -0.137. The van der Waals surface area contributed by atoms with E-state index in [4.69, 9.17) is 0 Å². The summed E-state index contributed by atoms with van der Waals surface area (Å²) in [6.45, 7) is -0.381. The predicted octanol–water partition coefficient (Wildman–Crippen LogP) is 4.78. The lowest BCUT2D eigenvalue weighted by Crippen LogP contribution is -2.18. The maximum atomic E-state index is 14.9. The van der Waals surface area contributed by atoms with Crippen LogP contribution < -0.4 is 5.32 Å². The van der Waals surface area contributed by atoms with Crippen molar-refractivity contribution in [1.29, 1.82) is 0 Å². The average Bonchev–Trinajstić information content (AvgIpc) is 3.26. The number of anilines is 1. The number of hydrogen-bond acceptors (Lipinski definition) is 6. The average molecular weight is 508 g/mol. The standard InChI is InChI=1S/C25H16F4N6O2/c26-20-11-19(25(27,28)29)16(22-30-7-4-8-31-22)10-17(20)24(37)33-23-18-9-14(13-36)32-12-21(18)34-35(23)15-5-2-1-3-6-15/h1-12,36H,13H2,(H,33,37). The number of aliphatic hydroxyl groups is 1. The molecule has 1 amide bonds. The van der Waals surface area contributed by atoms with Gasteiger partial charge in [0.15, 0.2) is 5.82 Å². The Morgan fingerprint density at radius 3 is 2.41 bits per heavy atom. The SMILES string of the molecule is O=C(Nc1c2cc(CO)ncc2nn1-c1ccccc1)c1cc(-c2ncccn2)c(C(F)(F)F)cc1F. The van der Waals surface area contributed by atoms with E-state index in [0.717, 1.165) is 6.07 Å². The molecule has 0 bridgehead atoms. The van der Waals surface area contributed by atoms with Crippen molar-refractivity contribution < 1.29 is 27.5 Å². The van der Waals surface area contributed by atoms with Crippen molar-refractivity contribution in [2.75, 3.05) is 5.32 Å². The summed E-state index contributed by atoms with van der Waals surface area (Å²) in [4.78, 5) is 25.0. The van der Waals surface area contributed by atoms with Gasteiger partial charge in [-0.2, -0.15) is 18.3 Å². The molecule has 37 heavy (non-hydrogen) atoms. The van der Waals surface area contributed by atoms with E-state index in [0.29, 0.717) is 22.3 Å². The van der Waals surface area contributed by atoms with E-state index in [1.807, 2.05) is 0 Å². The second kappa shape index (κ2) is 9.39. The Labute approximate surface area is 206 Å². The minimum Gasteiger partial charge on any atom is -0.390 e. The van der Waals surface area contributed by atoms with Crippen LogP contribution in [0.4, 0.5) is 23.4 Å². The van der Waals surface area contributed by atoms with E-state index < -0.39 is 34.6 Å². The van der Waals surface area contributed by atoms with Gasteiger partial charge in [0.05, 0.1) is 35.3 Å². The summed E-state index contributed by atoms with van der Waals surface area (Å²) in [7, 11) is 0. The fourth-order valence-corrected chi connectivity index (χ4v) is 3.78. The Morgan fingerprint density at radius 2 is 1.73 bits per heavy atom. The van der Waals surface area contributed by atoms with Gasteiger partial charge in [-0.3, -0.25) is 9.78 Å². The molecule has 12 heteroatoms. The minimum absolute atomic E-state index is 0.111. The molecule has 5 rings (SSSR count). The number of alkyl halides is 3. The van der Waals surface area contributed by atoms with Crippen LogP contribution in [0.1, 0.15) is 21.6 Å². The van der Waals surface area contributed by atoms with E-state index >= 15 is 0 Å². The number of benzene rings is 2. The quantitative estimate of drug-likeness (QED) is 0.331. The number of rotatable bonds is 5. The van der Waals surface area contributed by atoms with Crippen molar-refractivity contribution in [1.82, 2.24) is 24.7 Å². The number of halogens is 4. The van der Waals surface area contributed by atoms with Crippen LogP contribution in [-0.2, 0) is 12.8 Å². The van der Waals surface area contributed by atoms with Crippen molar-refractivity contribution >= 4 is 22.6 Å². The highest BCUT2D eigenvalue weighted by Crippen LogP contribution is 2.38. The van der Waals surface area contributed by atoms with Crippen LogP contribution in [0.3, 0.4) is 0 Å². The molecule has 2 N–H and O–H groups in total. The third kappa shape index (κ3) is 4.61. The van der Waals surface area contributed by atoms with E-state index in [1.54, 1.807) is 30.3 Å². The third-order valence-corrected chi connectivity index (χ3v) is 5.47. The summed E-state index contributed by atoms with van der Waals surface area (Å²) in [5.74, 6) is -2.61. The van der Waals surface area contributed by atoms with E-state index in [1.165, 1.54) is 35.4 Å². The molecule has 0 atom stereocenters. The van der Waals surface area contributed by atoms with Crippen molar-refractivity contribution in [3.05, 3.63) is 95.8 Å². The zero-order chi connectivity index (χ0) is 26.2. The maximum absolute atomic E-state index is 14.9. The zero-order valence-electron chi connectivity index (χ0n) is 18.7. The van der Waals surface area contributed by atoms with Crippen molar-refractivity contribution in [2.24, 2.45) is 0 Å². The van der Waals surface area contributed by atoms with Gasteiger partial charge >= 0.3 is 6.18 Å². The molecule has 186 valence electrons. The number of aliphatic hydroxyl groups excluding tert-OH is 1. The van der Waals surface area contributed by atoms with Crippen LogP contribution in [0.5, 0.6) is 0 Å². The first-order chi connectivity index (χ1) is 17.8. The number of carbonyl (C=O) groups excluding carboxylic acids is 1. The summed E-state index contributed by atoms with van der Waals surface area (Å²) in [5.41, 5.74) is -1.31. The van der Waals surface area contributed by atoms with Crippen molar-refractivity contribution in [3.63, 3.8) is 0 Å². The molecule has 5 aromatic rings. The van der Waals surface area contributed by atoms with Gasteiger partial charge in [0.1, 0.15) is 17.2 Å². The summed E-state index contributed by atoms with van der Waals surface area (Å²) in [5, 5.41) is 16.9. The van der Waals surface area contributed by atoms with Gasteiger partial charge in [-0.05, 0) is 36.4 Å². The normalized spacial score (nSPS) is 11.6. The number of fused-ring (bicyclic) bond motifs is 1. The number of pyridine rings is 1. The fourth-order valence-electron chi connectivity index (χ4n) is 3.78. The molecule has 0 saturated heterocycles. The van der Waals surface area contributed by atoms with Gasteiger partial charge in [-0.1, -0.05) is 18.2 Å². The Kier molecular flexibility index (Phi) is 6.09. The molecule has 0 radical (unpaired) electrons. The molecule has 8 nitrogen and oxygen atoms in total. The minimum atomic E-state index is -4.92. The maximum Gasteiger partial charge on any atom is 0.417 e. The highest BCUT2D eigenvalue weighted by molar-refractivity contribution is 6.09. The lowest BCUT2D eigenvalue weighted by atomic mass is 10.0. The van der Waals surface area contributed by atoms with Crippen molar-refractivity contribution in [3.8, 4) is 17.1 Å². The summed E-state index contributed by atoms with van der Waals surface area (Å²) < 4.78 is 57.4. The van der Waals surface area contributed by atoms with Crippen LogP contribution >= 0.6 is 0 Å². The summed E-state index contributed by atoms with van der Waals surface area (Å²) >= 11 is 0. The Hall–Kier alpha value is -4.71. The number of nitrogens with zero attached hydrogens (tertiary/aromatic N) is 5. The molecule has 3 aromatic heterocycles. The van der Waals surface area contributed by atoms with E-state index in [9.17, 15) is 27.5 Å². The van der Waals surface area contributed by atoms with Gasteiger partial charge in [0.25, 0.3) is 5.91 Å². The second-order valence-corrected chi connectivity index (χ2v) is 7.85. The first kappa shape index (κ1) is 24.0. The van der Waals surface area contributed by atoms with E-state index in [-0.39, 0.29) is 24.3 Å². The van der Waals surface area contributed by atoms with Crippen LogP contribution in [0.15, 0.2) is 73.2 Å². The van der Waals surface area contributed by atoms with Crippen molar-refractivity contribution in [2.45, 2.75) is 12.8 Å². The monoisotopic (exact) mass is 508 g/mol. The van der Waals surface area contributed by atoms with Crippen LogP contribution in [-0.4, -0.2) is 35.7 Å². The highest BCUT2D eigenvalue weighted by Gasteiger charge is 2.36. The summed E-state index contributed by atoms with van der Waals surface area (Å²) in [6, 6.07) is 12.6. The Bertz CT molecular complexity index is 1610. The smallest absolute Gasteiger partial charge is 0.390 e. The molecule has 0 unspecified atom stereocenters. The number of nitrogens with one attached hydrogen (secondary N) is 1.